The van der Waals surface area contributed by atoms with Crippen LogP contribution >= 0.6 is 0 Å². The lowest BCUT2D eigenvalue weighted by molar-refractivity contribution is -0.137. The molecule has 8 heteroatoms. The van der Waals surface area contributed by atoms with Crippen LogP contribution in [0.5, 0.6) is 0 Å². The van der Waals surface area contributed by atoms with Crippen LogP contribution in [0.3, 0.4) is 0 Å². The molecule has 0 saturated heterocycles. The van der Waals surface area contributed by atoms with E-state index in [1.165, 1.54) is 17.0 Å². The second-order valence-corrected chi connectivity index (χ2v) is 7.66. The molecule has 1 atom stereocenters. The normalized spacial score (nSPS) is 12.0. The van der Waals surface area contributed by atoms with Crippen LogP contribution in [0.4, 0.5) is 29.3 Å². The fourth-order valence-corrected chi connectivity index (χ4v) is 3.59. The van der Waals surface area contributed by atoms with Crippen LogP contribution in [-0.2, 0) is 11.0 Å². The fraction of sp³-hybridized carbons (Fsp3) is 0.231. The first-order chi connectivity index (χ1) is 16.3. The van der Waals surface area contributed by atoms with Gasteiger partial charge in [-0.25, -0.2) is 4.79 Å². The number of alkyl halides is 3. The number of nitrogens with one attached hydrogen (secondary N) is 2. The molecular formula is C26H26F3N3O2. The first-order valence-corrected chi connectivity index (χ1v) is 10.9. The molecule has 0 spiro atoms. The summed E-state index contributed by atoms with van der Waals surface area (Å²) < 4.78 is 39.1. The maximum Gasteiger partial charge on any atom is 0.416 e. The monoisotopic (exact) mass is 469 g/mol. The summed E-state index contributed by atoms with van der Waals surface area (Å²) in [6.07, 6.45) is -3.90. The first-order valence-electron chi connectivity index (χ1n) is 10.9. The number of carbonyl (C=O) groups is 2. The molecule has 3 rings (SSSR count). The zero-order valence-corrected chi connectivity index (χ0v) is 18.7. The molecule has 34 heavy (non-hydrogen) atoms. The molecule has 0 aromatic heterocycles. The molecule has 0 fully saturated rings. The van der Waals surface area contributed by atoms with Gasteiger partial charge in [-0.2, -0.15) is 13.2 Å². The van der Waals surface area contributed by atoms with Gasteiger partial charge in [0, 0.05) is 24.5 Å². The lowest BCUT2D eigenvalue weighted by atomic mass is 9.96. The molecule has 2 N–H and O–H groups in total. The molecule has 0 radical (unpaired) electrons. The van der Waals surface area contributed by atoms with Gasteiger partial charge in [-0.3, -0.25) is 9.69 Å². The van der Waals surface area contributed by atoms with Crippen molar-refractivity contribution in [2.24, 2.45) is 0 Å². The molecule has 0 bridgehead atoms. The number of rotatable bonds is 8. The van der Waals surface area contributed by atoms with Gasteiger partial charge in [0.1, 0.15) is 0 Å². The van der Waals surface area contributed by atoms with Crippen molar-refractivity contribution in [2.75, 3.05) is 23.3 Å². The topological polar surface area (TPSA) is 61.4 Å². The lowest BCUT2D eigenvalue weighted by Crippen LogP contribution is -2.42. The Morgan fingerprint density at radius 3 is 2.18 bits per heavy atom. The molecule has 0 aliphatic carbocycles. The van der Waals surface area contributed by atoms with Crippen LogP contribution in [0.15, 0.2) is 84.9 Å². The predicted octanol–water partition coefficient (Wildman–Crippen LogP) is 6.05. The van der Waals surface area contributed by atoms with Gasteiger partial charge < -0.3 is 10.6 Å². The zero-order chi connectivity index (χ0) is 24.6. The standard InChI is InChI=1S/C26H26F3N3O2/c1-2-23(19-10-5-3-6-11-19)24(33)30-16-17-32(22-14-7-4-8-15-22)25(34)31-21-13-9-12-20(18-21)26(27,28)29/h3-15,18,23H,2,16-17H2,1H3,(H,30,33)(H,31,34). The van der Waals surface area contributed by atoms with Crippen LogP contribution in [-0.4, -0.2) is 25.0 Å². The summed E-state index contributed by atoms with van der Waals surface area (Å²) in [7, 11) is 0. The van der Waals surface area contributed by atoms with Gasteiger partial charge in [-0.1, -0.05) is 61.5 Å². The van der Waals surface area contributed by atoms with E-state index in [9.17, 15) is 22.8 Å². The highest BCUT2D eigenvalue weighted by Gasteiger charge is 2.30. The molecule has 3 amide bonds. The Labute approximate surface area is 196 Å². The number of nitrogens with zero attached hydrogens (tertiary/aromatic N) is 1. The quantitative estimate of drug-likeness (QED) is 0.422. The van der Waals surface area contributed by atoms with E-state index in [1.807, 2.05) is 37.3 Å². The van der Waals surface area contributed by atoms with Gasteiger partial charge in [0.25, 0.3) is 0 Å². The summed E-state index contributed by atoms with van der Waals surface area (Å²) >= 11 is 0. The van der Waals surface area contributed by atoms with Crippen molar-refractivity contribution in [3.8, 4) is 0 Å². The maximum atomic E-state index is 13.0. The summed E-state index contributed by atoms with van der Waals surface area (Å²) in [6.45, 7) is 2.23. The van der Waals surface area contributed by atoms with Crippen LogP contribution in [0.1, 0.15) is 30.4 Å². The predicted molar refractivity (Wildman–Crippen MR) is 127 cm³/mol. The number of hydrogen-bond donors (Lipinski definition) is 2. The number of para-hydroxylation sites is 1. The van der Waals surface area contributed by atoms with E-state index in [2.05, 4.69) is 10.6 Å². The number of anilines is 2. The van der Waals surface area contributed by atoms with Gasteiger partial charge in [0.15, 0.2) is 0 Å². The molecular weight excluding hydrogens is 443 g/mol. The zero-order valence-electron chi connectivity index (χ0n) is 18.7. The first kappa shape index (κ1) is 24.8. The third-order valence-electron chi connectivity index (χ3n) is 5.32. The van der Waals surface area contributed by atoms with Gasteiger partial charge >= 0.3 is 12.2 Å². The number of amides is 3. The van der Waals surface area contributed by atoms with Gasteiger partial charge in [-0.15, -0.1) is 0 Å². The van der Waals surface area contributed by atoms with Crippen molar-refractivity contribution in [1.82, 2.24) is 5.32 Å². The van der Waals surface area contributed by atoms with Crippen molar-refractivity contribution < 1.29 is 22.8 Å². The van der Waals surface area contributed by atoms with Crippen molar-refractivity contribution in [3.05, 3.63) is 96.1 Å². The van der Waals surface area contributed by atoms with E-state index in [4.69, 9.17) is 0 Å². The maximum absolute atomic E-state index is 13.0. The second kappa shape index (κ2) is 11.4. The second-order valence-electron chi connectivity index (χ2n) is 7.66. The van der Waals surface area contributed by atoms with Crippen LogP contribution in [0, 0.1) is 0 Å². The Morgan fingerprint density at radius 1 is 0.912 bits per heavy atom. The summed E-state index contributed by atoms with van der Waals surface area (Å²) in [6, 6.07) is 22.0. The Hall–Kier alpha value is -3.81. The minimum Gasteiger partial charge on any atom is -0.354 e. The average Bonchev–Trinajstić information content (AvgIpc) is 2.83. The Balaban J connectivity index is 1.70. The molecule has 1 unspecified atom stereocenters. The van der Waals surface area contributed by atoms with Gasteiger partial charge in [-0.05, 0) is 42.3 Å². The largest absolute Gasteiger partial charge is 0.416 e. The summed E-state index contributed by atoms with van der Waals surface area (Å²) in [4.78, 5) is 27.1. The third-order valence-corrected chi connectivity index (χ3v) is 5.32. The van der Waals surface area contributed by atoms with Crippen LogP contribution in [0.25, 0.3) is 0 Å². The average molecular weight is 470 g/mol. The van der Waals surface area contributed by atoms with Gasteiger partial charge in [0.05, 0.1) is 11.5 Å². The number of urea groups is 1. The van der Waals surface area contributed by atoms with Crippen LogP contribution < -0.4 is 15.5 Å². The Morgan fingerprint density at radius 2 is 1.56 bits per heavy atom. The smallest absolute Gasteiger partial charge is 0.354 e. The minimum absolute atomic E-state index is 0.0277. The molecule has 3 aromatic carbocycles. The van der Waals surface area contributed by atoms with E-state index in [0.717, 1.165) is 17.7 Å². The minimum atomic E-state index is -4.52. The molecule has 0 aliphatic rings. The van der Waals surface area contributed by atoms with E-state index < -0.39 is 17.8 Å². The molecule has 0 heterocycles. The molecule has 5 nitrogen and oxygen atoms in total. The van der Waals surface area contributed by atoms with E-state index >= 15 is 0 Å². The van der Waals surface area contributed by atoms with Crippen molar-refractivity contribution in [1.29, 1.82) is 0 Å². The summed E-state index contributed by atoms with van der Waals surface area (Å²) in [5.41, 5.74) is 0.635. The Bertz CT molecular complexity index is 1090. The number of benzene rings is 3. The summed E-state index contributed by atoms with van der Waals surface area (Å²) in [5, 5.41) is 5.40. The lowest BCUT2D eigenvalue weighted by Gasteiger charge is -2.24. The Kier molecular flexibility index (Phi) is 8.29. The number of halogens is 3. The molecule has 0 saturated carbocycles. The highest BCUT2D eigenvalue weighted by atomic mass is 19.4. The van der Waals surface area contributed by atoms with E-state index in [1.54, 1.807) is 30.3 Å². The van der Waals surface area contributed by atoms with E-state index in [0.29, 0.717) is 12.1 Å². The fourth-order valence-electron chi connectivity index (χ4n) is 3.59. The van der Waals surface area contributed by atoms with Crippen LogP contribution in [0.2, 0.25) is 0 Å². The molecule has 3 aromatic rings. The van der Waals surface area contributed by atoms with E-state index in [-0.39, 0.29) is 30.6 Å². The molecule has 0 aliphatic heterocycles. The number of carbonyl (C=O) groups excluding carboxylic acids is 2. The van der Waals surface area contributed by atoms with Crippen molar-refractivity contribution in [3.63, 3.8) is 0 Å². The third kappa shape index (κ3) is 6.60. The molecule has 178 valence electrons. The van der Waals surface area contributed by atoms with Gasteiger partial charge in [0.2, 0.25) is 5.91 Å². The highest BCUT2D eigenvalue weighted by molar-refractivity contribution is 6.01. The number of hydrogen-bond acceptors (Lipinski definition) is 2. The van der Waals surface area contributed by atoms with Crippen molar-refractivity contribution >= 4 is 23.3 Å². The SMILES string of the molecule is CCC(C(=O)NCCN(C(=O)Nc1cccc(C(F)(F)F)c1)c1ccccc1)c1ccccc1. The van der Waals surface area contributed by atoms with Crippen molar-refractivity contribution in [2.45, 2.75) is 25.4 Å². The summed E-state index contributed by atoms with van der Waals surface area (Å²) in [5.74, 6) is -0.467. The highest BCUT2D eigenvalue weighted by Crippen LogP contribution is 2.30.